The van der Waals surface area contributed by atoms with Gasteiger partial charge in [-0.05, 0) is 31.2 Å². The van der Waals surface area contributed by atoms with E-state index in [1.54, 1.807) is 19.0 Å². The van der Waals surface area contributed by atoms with Crippen molar-refractivity contribution in [1.82, 2.24) is 14.9 Å². The van der Waals surface area contributed by atoms with Crippen molar-refractivity contribution in [3.8, 4) is 0 Å². The molecule has 0 bridgehead atoms. The van der Waals surface area contributed by atoms with Crippen molar-refractivity contribution in [2.75, 3.05) is 38.7 Å². The molecule has 2 aliphatic rings. The topological polar surface area (TPSA) is 58.6 Å². The molecule has 126 valence electrons. The molecule has 1 aromatic rings. The first-order chi connectivity index (χ1) is 11.0. The summed E-state index contributed by atoms with van der Waals surface area (Å²) in [7, 11) is 3.53. The van der Waals surface area contributed by atoms with E-state index in [0.717, 1.165) is 31.0 Å². The number of fused-ring (bicyclic) bond motifs is 1. The summed E-state index contributed by atoms with van der Waals surface area (Å²) < 4.78 is 5.96. The van der Waals surface area contributed by atoms with Gasteiger partial charge < -0.3 is 14.5 Å². The third-order valence-corrected chi connectivity index (χ3v) is 5.00. The molecule has 0 radical (unpaired) electrons. The van der Waals surface area contributed by atoms with Crippen LogP contribution in [-0.4, -0.2) is 60.7 Å². The Morgan fingerprint density at radius 1 is 1.30 bits per heavy atom. The summed E-state index contributed by atoms with van der Waals surface area (Å²) in [6.07, 6.45) is 7.36. The fourth-order valence-electron chi connectivity index (χ4n) is 3.65. The SMILES string of the molecule is Cc1cnc(N2C[C@H]3CCC[C@@H](OCC(=O)N(C)C)[C@@H]3C2)nc1. The molecule has 23 heavy (non-hydrogen) atoms. The van der Waals surface area contributed by atoms with Gasteiger partial charge in [0.1, 0.15) is 6.61 Å². The van der Waals surface area contributed by atoms with E-state index in [9.17, 15) is 4.79 Å². The van der Waals surface area contributed by atoms with Crippen molar-refractivity contribution < 1.29 is 9.53 Å². The Hall–Kier alpha value is -1.69. The first-order valence-electron chi connectivity index (χ1n) is 8.40. The summed E-state index contributed by atoms with van der Waals surface area (Å²) in [5.41, 5.74) is 1.08. The van der Waals surface area contributed by atoms with Crippen LogP contribution in [0.2, 0.25) is 0 Å². The Balaban J connectivity index is 1.63. The number of carbonyl (C=O) groups is 1. The number of anilines is 1. The zero-order valence-corrected chi connectivity index (χ0v) is 14.2. The number of rotatable bonds is 4. The van der Waals surface area contributed by atoms with E-state index < -0.39 is 0 Å². The molecular weight excluding hydrogens is 292 g/mol. The van der Waals surface area contributed by atoms with Gasteiger partial charge in [0.05, 0.1) is 6.10 Å². The third kappa shape index (κ3) is 3.63. The number of likely N-dealkylation sites (N-methyl/N-ethyl adjacent to an activating group) is 1. The minimum absolute atomic E-state index is 0.0313. The van der Waals surface area contributed by atoms with Gasteiger partial charge in [-0.25, -0.2) is 9.97 Å². The number of ether oxygens (including phenoxy) is 1. The van der Waals surface area contributed by atoms with E-state index >= 15 is 0 Å². The first-order valence-corrected chi connectivity index (χ1v) is 8.40. The van der Waals surface area contributed by atoms with Crippen LogP contribution in [0.25, 0.3) is 0 Å². The minimum atomic E-state index is 0.0313. The standard InChI is InChI=1S/C17H26N4O2/c1-12-7-18-17(19-8-12)21-9-13-5-4-6-15(14(13)10-21)23-11-16(22)20(2)3/h7-8,13-15H,4-6,9-11H2,1-3H3/t13-,14-,15-/m1/s1. The second-order valence-electron chi connectivity index (χ2n) is 6.96. The molecule has 1 saturated heterocycles. The Morgan fingerprint density at radius 2 is 2.04 bits per heavy atom. The summed E-state index contributed by atoms with van der Waals surface area (Å²) in [4.78, 5) is 24.5. The van der Waals surface area contributed by atoms with Crippen LogP contribution < -0.4 is 4.90 Å². The van der Waals surface area contributed by atoms with Gasteiger partial charge in [-0.2, -0.15) is 0 Å². The van der Waals surface area contributed by atoms with Gasteiger partial charge >= 0.3 is 0 Å². The number of aryl methyl sites for hydroxylation is 1. The fraction of sp³-hybridized carbons (Fsp3) is 0.706. The van der Waals surface area contributed by atoms with Crippen molar-refractivity contribution >= 4 is 11.9 Å². The predicted octanol–water partition coefficient (Wildman–Crippen LogP) is 1.49. The number of hydrogen-bond donors (Lipinski definition) is 0. The number of amides is 1. The summed E-state index contributed by atoms with van der Waals surface area (Å²) in [5.74, 6) is 1.94. The number of carbonyl (C=O) groups excluding carboxylic acids is 1. The largest absolute Gasteiger partial charge is 0.368 e. The Morgan fingerprint density at radius 3 is 2.74 bits per heavy atom. The average Bonchev–Trinajstić information content (AvgIpc) is 2.97. The van der Waals surface area contributed by atoms with Crippen LogP contribution >= 0.6 is 0 Å². The van der Waals surface area contributed by atoms with Crippen molar-refractivity contribution in [3.63, 3.8) is 0 Å². The second-order valence-corrected chi connectivity index (χ2v) is 6.96. The zero-order chi connectivity index (χ0) is 16.4. The molecule has 2 fully saturated rings. The monoisotopic (exact) mass is 318 g/mol. The van der Waals surface area contributed by atoms with Gasteiger partial charge in [0, 0.05) is 45.5 Å². The van der Waals surface area contributed by atoms with Crippen LogP contribution in [0.3, 0.4) is 0 Å². The summed E-state index contributed by atoms with van der Waals surface area (Å²) in [6.45, 7) is 4.10. The lowest BCUT2D eigenvalue weighted by atomic mass is 9.79. The van der Waals surface area contributed by atoms with Crippen LogP contribution in [-0.2, 0) is 9.53 Å². The molecule has 1 saturated carbocycles. The molecule has 6 nitrogen and oxygen atoms in total. The molecule has 1 aliphatic heterocycles. The summed E-state index contributed by atoms with van der Waals surface area (Å²) in [5, 5.41) is 0. The van der Waals surface area contributed by atoms with Gasteiger partial charge in [-0.1, -0.05) is 6.42 Å². The highest BCUT2D eigenvalue weighted by Crippen LogP contribution is 2.38. The number of aromatic nitrogens is 2. The number of hydrogen-bond acceptors (Lipinski definition) is 5. The molecule has 1 amide bonds. The molecule has 6 heteroatoms. The van der Waals surface area contributed by atoms with Crippen LogP contribution in [0.15, 0.2) is 12.4 Å². The quantitative estimate of drug-likeness (QED) is 0.842. The van der Waals surface area contributed by atoms with E-state index in [4.69, 9.17) is 4.74 Å². The number of nitrogens with zero attached hydrogens (tertiary/aromatic N) is 4. The van der Waals surface area contributed by atoms with Gasteiger partial charge in [0.25, 0.3) is 0 Å². The van der Waals surface area contributed by atoms with Gasteiger partial charge in [-0.3, -0.25) is 4.79 Å². The van der Waals surface area contributed by atoms with Crippen LogP contribution in [0.5, 0.6) is 0 Å². The lowest BCUT2D eigenvalue weighted by Crippen LogP contribution is -2.37. The fourth-order valence-corrected chi connectivity index (χ4v) is 3.65. The van der Waals surface area contributed by atoms with Crippen molar-refractivity contribution in [1.29, 1.82) is 0 Å². The van der Waals surface area contributed by atoms with E-state index in [0.29, 0.717) is 11.8 Å². The average molecular weight is 318 g/mol. The van der Waals surface area contributed by atoms with E-state index in [2.05, 4.69) is 14.9 Å². The maximum atomic E-state index is 11.8. The highest BCUT2D eigenvalue weighted by Gasteiger charge is 2.41. The molecule has 0 unspecified atom stereocenters. The Bertz CT molecular complexity index is 546. The second kappa shape index (κ2) is 6.83. The highest BCUT2D eigenvalue weighted by molar-refractivity contribution is 5.76. The van der Waals surface area contributed by atoms with Gasteiger partial charge in [0.2, 0.25) is 11.9 Å². The van der Waals surface area contributed by atoms with E-state index in [-0.39, 0.29) is 18.6 Å². The van der Waals surface area contributed by atoms with Crippen molar-refractivity contribution in [2.45, 2.75) is 32.3 Å². The van der Waals surface area contributed by atoms with E-state index in [1.807, 2.05) is 19.3 Å². The summed E-state index contributed by atoms with van der Waals surface area (Å²) in [6, 6.07) is 0. The molecule has 0 N–H and O–H groups in total. The maximum Gasteiger partial charge on any atom is 0.248 e. The zero-order valence-electron chi connectivity index (χ0n) is 14.2. The minimum Gasteiger partial charge on any atom is -0.368 e. The Labute approximate surface area is 137 Å². The van der Waals surface area contributed by atoms with Crippen molar-refractivity contribution in [2.24, 2.45) is 11.8 Å². The first kappa shape index (κ1) is 16.2. The summed E-state index contributed by atoms with van der Waals surface area (Å²) >= 11 is 0. The van der Waals surface area contributed by atoms with Crippen molar-refractivity contribution in [3.05, 3.63) is 18.0 Å². The molecule has 3 atom stereocenters. The smallest absolute Gasteiger partial charge is 0.248 e. The molecule has 0 spiro atoms. The third-order valence-electron chi connectivity index (χ3n) is 5.00. The maximum absolute atomic E-state index is 11.8. The molecular formula is C17H26N4O2. The molecule has 0 aromatic carbocycles. The lowest BCUT2D eigenvalue weighted by Gasteiger charge is -2.32. The molecule has 1 aromatic heterocycles. The molecule has 1 aliphatic carbocycles. The van der Waals surface area contributed by atoms with Gasteiger partial charge in [-0.15, -0.1) is 0 Å². The predicted molar refractivity (Wildman–Crippen MR) is 88.2 cm³/mol. The molecule has 2 heterocycles. The molecule has 3 rings (SSSR count). The van der Waals surface area contributed by atoms with Gasteiger partial charge in [0.15, 0.2) is 0 Å². The Kier molecular flexibility index (Phi) is 4.80. The highest BCUT2D eigenvalue weighted by atomic mass is 16.5. The van der Waals surface area contributed by atoms with Crippen LogP contribution in [0, 0.1) is 18.8 Å². The van der Waals surface area contributed by atoms with Crippen LogP contribution in [0.4, 0.5) is 5.95 Å². The normalized spacial score (nSPS) is 26.9. The van der Waals surface area contributed by atoms with Crippen LogP contribution in [0.1, 0.15) is 24.8 Å². The lowest BCUT2D eigenvalue weighted by molar-refractivity contribution is -0.138. The van der Waals surface area contributed by atoms with E-state index in [1.165, 1.54) is 12.8 Å².